The normalized spacial score (nSPS) is 12.0. The zero-order chi connectivity index (χ0) is 16.3. The smallest absolute Gasteiger partial charge is 0.232 e. The quantitative estimate of drug-likeness (QED) is 0.858. The zero-order valence-corrected chi connectivity index (χ0v) is 15.1. The fraction of sp³-hybridized carbons (Fsp3) is 0.500. The highest BCUT2D eigenvalue weighted by molar-refractivity contribution is 9.10. The van der Waals surface area contributed by atoms with Gasteiger partial charge < -0.3 is 5.32 Å². The summed E-state index contributed by atoms with van der Waals surface area (Å²) in [6, 6.07) is 6.94. The van der Waals surface area contributed by atoms with E-state index in [0.717, 1.165) is 10.7 Å². The molecule has 118 valence electrons. The third kappa shape index (κ3) is 6.48. The van der Waals surface area contributed by atoms with Gasteiger partial charge in [-0.05, 0) is 45.0 Å². The van der Waals surface area contributed by atoms with E-state index in [1.807, 2.05) is 20.8 Å². The molecule has 1 rings (SSSR count). The zero-order valence-electron chi connectivity index (χ0n) is 12.7. The van der Waals surface area contributed by atoms with Crippen LogP contribution in [0.25, 0.3) is 0 Å². The van der Waals surface area contributed by atoms with Gasteiger partial charge in [0, 0.05) is 23.0 Å². The minimum atomic E-state index is -3.43. The van der Waals surface area contributed by atoms with Crippen LogP contribution in [-0.4, -0.2) is 32.7 Å². The van der Waals surface area contributed by atoms with E-state index in [2.05, 4.69) is 21.2 Å². The molecule has 0 spiro atoms. The molecule has 0 aromatic heterocycles. The summed E-state index contributed by atoms with van der Waals surface area (Å²) in [5, 5.41) is 2.82. The van der Waals surface area contributed by atoms with Gasteiger partial charge in [0.15, 0.2) is 0 Å². The molecule has 0 aliphatic carbocycles. The number of nitrogens with one attached hydrogen (secondary N) is 1. The summed E-state index contributed by atoms with van der Waals surface area (Å²) < 4.78 is 25.9. The highest BCUT2D eigenvalue weighted by Crippen LogP contribution is 2.21. The van der Waals surface area contributed by atoms with Crippen LogP contribution in [-0.2, 0) is 14.8 Å². The fourth-order valence-corrected chi connectivity index (χ4v) is 2.97. The number of carbonyl (C=O) groups excluding carboxylic acids is 1. The molecule has 0 saturated carbocycles. The Kier molecular flexibility index (Phi) is 5.81. The third-order valence-corrected chi connectivity index (χ3v) is 4.29. The van der Waals surface area contributed by atoms with Crippen molar-refractivity contribution in [2.45, 2.75) is 32.7 Å². The van der Waals surface area contributed by atoms with Gasteiger partial charge in [0.2, 0.25) is 15.9 Å². The third-order valence-electron chi connectivity index (χ3n) is 2.57. The van der Waals surface area contributed by atoms with E-state index in [1.165, 1.54) is 4.31 Å². The van der Waals surface area contributed by atoms with E-state index in [0.29, 0.717) is 5.69 Å². The Morgan fingerprint density at radius 2 is 1.76 bits per heavy atom. The van der Waals surface area contributed by atoms with Gasteiger partial charge in [0.05, 0.1) is 11.9 Å². The van der Waals surface area contributed by atoms with Crippen LogP contribution in [0.15, 0.2) is 28.7 Å². The summed E-state index contributed by atoms with van der Waals surface area (Å²) in [4.78, 5) is 11.8. The van der Waals surface area contributed by atoms with Crippen LogP contribution in [0.4, 0.5) is 5.69 Å². The highest BCUT2D eigenvalue weighted by atomic mass is 79.9. The van der Waals surface area contributed by atoms with Crippen molar-refractivity contribution in [2.75, 3.05) is 17.1 Å². The average molecular weight is 377 g/mol. The Morgan fingerprint density at radius 1 is 1.24 bits per heavy atom. The molecule has 0 radical (unpaired) electrons. The predicted octanol–water partition coefficient (Wildman–Crippen LogP) is 2.52. The second kappa shape index (κ2) is 6.79. The van der Waals surface area contributed by atoms with Gasteiger partial charge in [-0.25, -0.2) is 8.42 Å². The van der Waals surface area contributed by atoms with Crippen LogP contribution < -0.4 is 9.62 Å². The molecule has 1 N–H and O–H groups in total. The summed E-state index contributed by atoms with van der Waals surface area (Å²) in [5.74, 6) is -0.173. The lowest BCUT2D eigenvalue weighted by atomic mass is 10.1. The van der Waals surface area contributed by atoms with Gasteiger partial charge in [0.1, 0.15) is 0 Å². The van der Waals surface area contributed by atoms with Gasteiger partial charge in [-0.3, -0.25) is 9.10 Å². The van der Waals surface area contributed by atoms with Crippen molar-refractivity contribution in [3.8, 4) is 0 Å². The van der Waals surface area contributed by atoms with E-state index in [-0.39, 0.29) is 24.4 Å². The molecule has 1 aromatic carbocycles. The monoisotopic (exact) mass is 376 g/mol. The molecule has 0 aliphatic rings. The molecule has 0 unspecified atom stereocenters. The topological polar surface area (TPSA) is 66.5 Å². The number of halogens is 1. The minimum Gasteiger partial charge on any atom is -0.351 e. The first kappa shape index (κ1) is 18.0. The predicted molar refractivity (Wildman–Crippen MR) is 88.8 cm³/mol. The average Bonchev–Trinajstić information content (AvgIpc) is 2.27. The molecule has 0 bridgehead atoms. The van der Waals surface area contributed by atoms with Crippen LogP contribution in [0, 0.1) is 0 Å². The van der Waals surface area contributed by atoms with E-state index in [9.17, 15) is 13.2 Å². The minimum absolute atomic E-state index is 0.112. The molecular weight excluding hydrogens is 356 g/mol. The number of hydrogen-bond donors (Lipinski definition) is 1. The summed E-state index contributed by atoms with van der Waals surface area (Å²) >= 11 is 3.31. The maximum absolute atomic E-state index is 11.9. The Morgan fingerprint density at radius 3 is 2.19 bits per heavy atom. The van der Waals surface area contributed by atoms with Gasteiger partial charge in [-0.2, -0.15) is 0 Å². The SMILES string of the molecule is CC(C)(C)NC(=O)CCN(c1ccc(Br)cc1)S(C)(=O)=O. The summed E-state index contributed by atoms with van der Waals surface area (Å²) in [5.41, 5.74) is 0.217. The van der Waals surface area contributed by atoms with Gasteiger partial charge >= 0.3 is 0 Å². The maximum Gasteiger partial charge on any atom is 0.232 e. The summed E-state index contributed by atoms with van der Waals surface area (Å²) in [6.45, 7) is 5.76. The van der Waals surface area contributed by atoms with Crippen molar-refractivity contribution >= 4 is 37.5 Å². The van der Waals surface area contributed by atoms with Crippen molar-refractivity contribution in [1.29, 1.82) is 0 Å². The largest absolute Gasteiger partial charge is 0.351 e. The van der Waals surface area contributed by atoms with Crippen molar-refractivity contribution in [3.63, 3.8) is 0 Å². The molecule has 0 atom stereocenters. The van der Waals surface area contributed by atoms with Gasteiger partial charge in [-0.15, -0.1) is 0 Å². The van der Waals surface area contributed by atoms with Crippen LogP contribution in [0.5, 0.6) is 0 Å². The summed E-state index contributed by atoms with van der Waals surface area (Å²) in [6.07, 6.45) is 1.25. The molecule has 7 heteroatoms. The maximum atomic E-state index is 11.9. The number of rotatable bonds is 5. The first-order valence-corrected chi connectivity index (χ1v) is 9.17. The molecule has 1 amide bonds. The Bertz CT molecular complexity index is 592. The molecule has 21 heavy (non-hydrogen) atoms. The van der Waals surface area contributed by atoms with Crippen molar-refractivity contribution < 1.29 is 13.2 Å². The number of amides is 1. The number of nitrogens with zero attached hydrogens (tertiary/aromatic N) is 1. The Labute approximate surface area is 134 Å². The first-order valence-electron chi connectivity index (χ1n) is 6.53. The molecular formula is C14H21BrN2O3S. The van der Waals surface area contributed by atoms with E-state index in [4.69, 9.17) is 0 Å². The van der Waals surface area contributed by atoms with Crippen LogP contribution in [0.3, 0.4) is 0 Å². The van der Waals surface area contributed by atoms with E-state index < -0.39 is 10.0 Å². The number of carbonyl (C=O) groups is 1. The van der Waals surface area contributed by atoms with Crippen LogP contribution in [0.1, 0.15) is 27.2 Å². The number of benzene rings is 1. The Hall–Kier alpha value is -1.08. The van der Waals surface area contributed by atoms with E-state index in [1.54, 1.807) is 24.3 Å². The van der Waals surface area contributed by atoms with E-state index >= 15 is 0 Å². The molecule has 1 aromatic rings. The second-order valence-electron chi connectivity index (χ2n) is 5.86. The summed E-state index contributed by atoms with van der Waals surface area (Å²) in [7, 11) is -3.43. The molecule has 0 fully saturated rings. The number of hydrogen-bond acceptors (Lipinski definition) is 3. The van der Waals surface area contributed by atoms with Crippen molar-refractivity contribution in [2.24, 2.45) is 0 Å². The number of anilines is 1. The fourth-order valence-electron chi connectivity index (χ4n) is 1.78. The number of sulfonamides is 1. The second-order valence-corrected chi connectivity index (χ2v) is 8.68. The van der Waals surface area contributed by atoms with Crippen LogP contribution in [0.2, 0.25) is 0 Å². The van der Waals surface area contributed by atoms with Crippen molar-refractivity contribution in [3.05, 3.63) is 28.7 Å². The molecule has 0 aliphatic heterocycles. The van der Waals surface area contributed by atoms with Crippen molar-refractivity contribution in [1.82, 2.24) is 5.32 Å². The van der Waals surface area contributed by atoms with Gasteiger partial charge in [-0.1, -0.05) is 15.9 Å². The Balaban J connectivity index is 2.82. The molecule has 0 saturated heterocycles. The van der Waals surface area contributed by atoms with Gasteiger partial charge in [0.25, 0.3) is 0 Å². The molecule has 0 heterocycles. The lowest BCUT2D eigenvalue weighted by Crippen LogP contribution is -2.42. The highest BCUT2D eigenvalue weighted by Gasteiger charge is 2.20. The van der Waals surface area contributed by atoms with Crippen LogP contribution >= 0.6 is 15.9 Å². The standard InChI is InChI=1S/C14H21BrN2O3S/c1-14(2,3)16-13(18)9-10-17(21(4,19)20)12-7-5-11(15)6-8-12/h5-8H,9-10H2,1-4H3,(H,16,18). The first-order chi connectivity index (χ1) is 9.49. The lowest BCUT2D eigenvalue weighted by molar-refractivity contribution is -0.122. The molecule has 5 nitrogen and oxygen atoms in total. The lowest BCUT2D eigenvalue weighted by Gasteiger charge is -2.24.